The van der Waals surface area contributed by atoms with Crippen LogP contribution in [0.3, 0.4) is 0 Å². The Morgan fingerprint density at radius 1 is 1.69 bits per heavy atom. The van der Waals surface area contributed by atoms with Gasteiger partial charge < -0.3 is 4.90 Å². The lowest BCUT2D eigenvalue weighted by molar-refractivity contribution is -0.493. The molecule has 72 valence electrons. The van der Waals surface area contributed by atoms with Crippen LogP contribution in [0.2, 0.25) is 0 Å². The third kappa shape index (κ3) is 2.24. The molecule has 0 unspecified atom stereocenters. The summed E-state index contributed by atoms with van der Waals surface area (Å²) < 4.78 is 0. The second-order valence-electron chi connectivity index (χ2n) is 3.19. The molecule has 0 aliphatic carbocycles. The van der Waals surface area contributed by atoms with Crippen molar-refractivity contribution in [3.63, 3.8) is 0 Å². The molecule has 0 aromatic rings. The van der Waals surface area contributed by atoms with Crippen LogP contribution in [0.4, 0.5) is 0 Å². The lowest BCUT2D eigenvalue weighted by atomic mass is 10.3. The fraction of sp³-hybridized carbons (Fsp3) is 0.444. The highest BCUT2D eigenvalue weighted by atomic mass is 15.4. The van der Waals surface area contributed by atoms with Crippen molar-refractivity contribution in [1.29, 1.82) is 0 Å². The van der Waals surface area contributed by atoms with Crippen LogP contribution in [0.5, 0.6) is 0 Å². The van der Waals surface area contributed by atoms with Crippen molar-refractivity contribution in [2.45, 2.75) is 19.9 Å². The molecular formula is C9H17N4+. The van der Waals surface area contributed by atoms with Crippen molar-refractivity contribution in [3.8, 4) is 0 Å². The molecule has 0 spiro atoms. The van der Waals surface area contributed by atoms with Gasteiger partial charge in [0.1, 0.15) is 6.67 Å². The fourth-order valence-corrected chi connectivity index (χ4v) is 1.20. The summed E-state index contributed by atoms with van der Waals surface area (Å²) in [5.74, 6) is 1.73. The first-order chi connectivity index (χ1) is 6.15. The van der Waals surface area contributed by atoms with E-state index in [0.717, 1.165) is 18.4 Å². The van der Waals surface area contributed by atoms with Gasteiger partial charge in [0, 0.05) is 6.04 Å². The normalized spacial score (nSPS) is 16.7. The summed E-state index contributed by atoms with van der Waals surface area (Å²) in [5.41, 5.74) is 0. The van der Waals surface area contributed by atoms with Gasteiger partial charge in [-0.3, -0.25) is 10.3 Å². The molecule has 0 radical (unpaired) electrons. The van der Waals surface area contributed by atoms with Gasteiger partial charge in [0.25, 0.3) is 0 Å². The minimum absolute atomic E-state index is 0.442. The third-order valence-electron chi connectivity index (χ3n) is 1.91. The van der Waals surface area contributed by atoms with Crippen molar-refractivity contribution in [2.75, 3.05) is 6.67 Å². The number of nitrogens with zero attached hydrogens (tertiary/aromatic N) is 1. The highest BCUT2D eigenvalue weighted by Gasteiger charge is 2.20. The van der Waals surface area contributed by atoms with Crippen LogP contribution in [-0.4, -0.2) is 23.6 Å². The standard InChI is InChI=1S/C9H16N4/c1-5-10-9-11-6-13(7(2)3)8(4)12-9/h5,7H,1,4,6H2,2-3H3,(H2,10,11,12)/p+1. The number of rotatable bonds is 2. The molecule has 3 N–H and O–H groups in total. The van der Waals surface area contributed by atoms with E-state index in [0.29, 0.717) is 6.04 Å². The van der Waals surface area contributed by atoms with Crippen molar-refractivity contribution in [3.05, 3.63) is 25.2 Å². The number of guanidine groups is 1. The Hall–Kier alpha value is -1.45. The van der Waals surface area contributed by atoms with Gasteiger partial charge in [0.15, 0.2) is 5.82 Å². The minimum atomic E-state index is 0.442. The number of hydrogen-bond donors (Lipinski definition) is 3. The summed E-state index contributed by atoms with van der Waals surface area (Å²) in [7, 11) is 0. The van der Waals surface area contributed by atoms with E-state index in [9.17, 15) is 0 Å². The predicted molar refractivity (Wildman–Crippen MR) is 53.4 cm³/mol. The highest BCUT2D eigenvalue weighted by molar-refractivity contribution is 5.76. The van der Waals surface area contributed by atoms with Gasteiger partial charge in [-0.05, 0) is 20.4 Å². The van der Waals surface area contributed by atoms with Gasteiger partial charge in [0.2, 0.25) is 0 Å². The molecule has 1 aliphatic rings. The maximum atomic E-state index is 3.93. The third-order valence-corrected chi connectivity index (χ3v) is 1.91. The first-order valence-corrected chi connectivity index (χ1v) is 4.36. The fourth-order valence-electron chi connectivity index (χ4n) is 1.20. The Balaban J connectivity index is 2.63. The average Bonchev–Trinajstić information content (AvgIpc) is 2.04. The van der Waals surface area contributed by atoms with E-state index in [-0.39, 0.29) is 0 Å². The smallest absolute Gasteiger partial charge is 0.314 e. The summed E-state index contributed by atoms with van der Waals surface area (Å²) >= 11 is 0. The largest absolute Gasteiger partial charge is 0.355 e. The molecule has 4 heteroatoms. The van der Waals surface area contributed by atoms with Crippen LogP contribution in [-0.2, 0) is 0 Å². The molecule has 0 bridgehead atoms. The molecule has 13 heavy (non-hydrogen) atoms. The summed E-state index contributed by atoms with van der Waals surface area (Å²) in [6, 6.07) is 0.442. The Morgan fingerprint density at radius 2 is 2.38 bits per heavy atom. The minimum Gasteiger partial charge on any atom is -0.314 e. The molecule has 0 fully saturated rings. The lowest BCUT2D eigenvalue weighted by Gasteiger charge is -2.29. The topological polar surface area (TPSA) is 41.3 Å². The van der Waals surface area contributed by atoms with Gasteiger partial charge in [-0.25, -0.2) is 5.32 Å². The summed E-state index contributed by atoms with van der Waals surface area (Å²) in [6.45, 7) is 12.5. The van der Waals surface area contributed by atoms with E-state index in [4.69, 9.17) is 0 Å². The van der Waals surface area contributed by atoms with Crippen LogP contribution >= 0.6 is 0 Å². The van der Waals surface area contributed by atoms with Crippen molar-refractivity contribution in [2.24, 2.45) is 0 Å². The van der Waals surface area contributed by atoms with Crippen LogP contribution < -0.4 is 15.6 Å². The van der Waals surface area contributed by atoms with E-state index >= 15 is 0 Å². The van der Waals surface area contributed by atoms with Crippen LogP contribution in [0.1, 0.15) is 13.8 Å². The van der Waals surface area contributed by atoms with Gasteiger partial charge in [-0.1, -0.05) is 6.58 Å². The summed E-state index contributed by atoms with van der Waals surface area (Å²) in [6.07, 6.45) is 1.62. The Morgan fingerprint density at radius 3 is 2.85 bits per heavy atom. The summed E-state index contributed by atoms with van der Waals surface area (Å²) in [5, 5.41) is 6.05. The molecule has 0 atom stereocenters. The molecule has 4 nitrogen and oxygen atoms in total. The quantitative estimate of drug-likeness (QED) is 0.506. The number of hydrogen-bond acceptors (Lipinski definition) is 3. The van der Waals surface area contributed by atoms with Crippen molar-refractivity contribution in [1.82, 2.24) is 15.5 Å². The molecule has 0 saturated carbocycles. The van der Waals surface area contributed by atoms with Gasteiger partial charge in [0.05, 0.1) is 6.20 Å². The SMILES string of the molecule is C=CNC1=[NH+]CN(C(C)C)C(=C)N1. The zero-order chi connectivity index (χ0) is 9.84. The molecular weight excluding hydrogens is 164 g/mol. The first-order valence-electron chi connectivity index (χ1n) is 4.36. The second kappa shape index (κ2) is 3.98. The van der Waals surface area contributed by atoms with E-state index in [1.54, 1.807) is 6.20 Å². The first kappa shape index (κ1) is 9.64. The molecule has 0 amide bonds. The zero-order valence-electron chi connectivity index (χ0n) is 8.22. The van der Waals surface area contributed by atoms with Crippen LogP contribution in [0.15, 0.2) is 25.2 Å². The Kier molecular flexibility index (Phi) is 2.95. The van der Waals surface area contributed by atoms with Gasteiger partial charge in [-0.15, -0.1) is 0 Å². The maximum absolute atomic E-state index is 3.93. The monoisotopic (exact) mass is 181 g/mol. The van der Waals surface area contributed by atoms with E-state index < -0.39 is 0 Å². The molecule has 1 aliphatic heterocycles. The van der Waals surface area contributed by atoms with E-state index in [1.165, 1.54) is 0 Å². The van der Waals surface area contributed by atoms with Crippen LogP contribution in [0, 0.1) is 0 Å². The maximum Gasteiger partial charge on any atom is 0.355 e. The van der Waals surface area contributed by atoms with E-state index in [1.807, 2.05) is 0 Å². The molecule has 0 aromatic carbocycles. The average molecular weight is 181 g/mol. The Labute approximate surface area is 79.0 Å². The van der Waals surface area contributed by atoms with E-state index in [2.05, 4.69) is 47.5 Å². The molecule has 1 rings (SSSR count). The molecule has 0 aromatic heterocycles. The van der Waals surface area contributed by atoms with Gasteiger partial charge in [-0.2, -0.15) is 0 Å². The van der Waals surface area contributed by atoms with Crippen LogP contribution in [0.25, 0.3) is 0 Å². The summed E-state index contributed by atoms with van der Waals surface area (Å²) in [4.78, 5) is 5.30. The Bertz CT molecular complexity index is 242. The highest BCUT2D eigenvalue weighted by Crippen LogP contribution is 2.02. The number of nitrogens with one attached hydrogen (secondary N) is 3. The van der Waals surface area contributed by atoms with Crippen molar-refractivity contribution < 1.29 is 4.99 Å². The second-order valence-corrected chi connectivity index (χ2v) is 3.19. The molecule has 0 saturated heterocycles. The molecule has 1 heterocycles. The zero-order valence-corrected chi connectivity index (χ0v) is 8.22. The predicted octanol–water partition coefficient (Wildman–Crippen LogP) is -1.10. The van der Waals surface area contributed by atoms with Crippen molar-refractivity contribution >= 4 is 5.96 Å². The van der Waals surface area contributed by atoms with Gasteiger partial charge >= 0.3 is 5.96 Å². The lowest BCUT2D eigenvalue weighted by Crippen LogP contribution is -2.85.